The second kappa shape index (κ2) is 11.0. The Labute approximate surface area is 201 Å². The number of aliphatic hydroxyl groups is 1. The Hall–Kier alpha value is -2.92. The highest BCUT2D eigenvalue weighted by Crippen LogP contribution is 2.42. The molecular formula is C27H33FN4O2. The fourth-order valence-electron chi connectivity index (χ4n) is 4.97. The van der Waals surface area contributed by atoms with Gasteiger partial charge in [-0.1, -0.05) is 36.1 Å². The molecule has 0 spiro atoms. The number of amides is 2. The third-order valence-corrected chi connectivity index (χ3v) is 6.70. The Morgan fingerprint density at radius 1 is 1.15 bits per heavy atom. The first-order valence-corrected chi connectivity index (χ1v) is 11.9. The molecule has 2 heterocycles. The van der Waals surface area contributed by atoms with Crippen molar-refractivity contribution in [2.24, 2.45) is 0 Å². The van der Waals surface area contributed by atoms with Crippen molar-refractivity contribution in [2.45, 2.75) is 30.8 Å². The molecule has 2 aliphatic rings. The largest absolute Gasteiger partial charge is 0.395 e. The van der Waals surface area contributed by atoms with E-state index in [-0.39, 0.29) is 36.3 Å². The summed E-state index contributed by atoms with van der Waals surface area (Å²) in [7, 11) is 3.98. The van der Waals surface area contributed by atoms with Gasteiger partial charge in [0.1, 0.15) is 5.82 Å². The van der Waals surface area contributed by atoms with E-state index in [9.17, 15) is 14.3 Å². The van der Waals surface area contributed by atoms with E-state index >= 15 is 0 Å². The maximum Gasteiger partial charge on any atom is 0.321 e. The predicted octanol–water partition coefficient (Wildman–Crippen LogP) is 3.20. The summed E-state index contributed by atoms with van der Waals surface area (Å²) in [6.45, 7) is 2.85. The van der Waals surface area contributed by atoms with Gasteiger partial charge in [0.25, 0.3) is 0 Å². The maximum atomic E-state index is 14.1. The van der Waals surface area contributed by atoms with E-state index < -0.39 is 5.82 Å². The van der Waals surface area contributed by atoms with Gasteiger partial charge in [-0.25, -0.2) is 9.18 Å². The number of carbonyl (C=O) groups is 1. The van der Waals surface area contributed by atoms with Gasteiger partial charge in [0, 0.05) is 36.7 Å². The van der Waals surface area contributed by atoms with Gasteiger partial charge in [0.2, 0.25) is 0 Å². The molecule has 0 aromatic heterocycles. The van der Waals surface area contributed by atoms with Gasteiger partial charge in [0.05, 0.1) is 18.8 Å². The lowest BCUT2D eigenvalue weighted by Crippen LogP contribution is -2.68. The number of aliphatic hydroxyl groups excluding tert-OH is 1. The molecule has 2 aromatic rings. The van der Waals surface area contributed by atoms with E-state index in [0.29, 0.717) is 19.6 Å². The highest BCUT2D eigenvalue weighted by atomic mass is 19.1. The molecule has 7 heteroatoms. The van der Waals surface area contributed by atoms with Crippen LogP contribution in [0, 0.1) is 17.7 Å². The van der Waals surface area contributed by atoms with Crippen LogP contribution in [0.15, 0.2) is 48.5 Å². The quantitative estimate of drug-likeness (QED) is 0.683. The lowest BCUT2D eigenvalue weighted by atomic mass is 9.74. The zero-order chi connectivity index (χ0) is 24.1. The molecule has 0 aliphatic carbocycles. The number of nitrogens with zero attached hydrogens (tertiary/aromatic N) is 3. The van der Waals surface area contributed by atoms with Crippen molar-refractivity contribution < 1.29 is 14.3 Å². The number of rotatable bonds is 4. The van der Waals surface area contributed by atoms with Gasteiger partial charge in [-0.2, -0.15) is 0 Å². The maximum absolute atomic E-state index is 14.1. The first-order chi connectivity index (χ1) is 16.5. The van der Waals surface area contributed by atoms with E-state index in [1.165, 1.54) is 6.07 Å². The average molecular weight is 465 g/mol. The predicted molar refractivity (Wildman–Crippen MR) is 132 cm³/mol. The minimum absolute atomic E-state index is 0.0326. The smallest absolute Gasteiger partial charge is 0.321 e. The molecule has 2 N–H and O–H groups in total. The van der Waals surface area contributed by atoms with Crippen LogP contribution in [0.25, 0.3) is 0 Å². The Morgan fingerprint density at radius 2 is 1.88 bits per heavy atom. The third kappa shape index (κ3) is 5.41. The van der Waals surface area contributed by atoms with Crippen LogP contribution in [0.2, 0.25) is 0 Å². The van der Waals surface area contributed by atoms with Crippen LogP contribution in [-0.2, 0) is 0 Å². The number of nitrogens with one attached hydrogen (secondary N) is 1. The number of halogens is 1. The number of urea groups is 1. The number of hydrogen-bond donors (Lipinski definition) is 2. The van der Waals surface area contributed by atoms with Crippen molar-refractivity contribution in [3.05, 3.63) is 65.5 Å². The normalized spacial score (nSPS) is 22.6. The summed E-state index contributed by atoms with van der Waals surface area (Å²) in [6.07, 6.45) is 1.82. The van der Waals surface area contributed by atoms with Gasteiger partial charge in [-0.15, -0.1) is 0 Å². The second-order valence-electron chi connectivity index (χ2n) is 9.31. The van der Waals surface area contributed by atoms with Crippen LogP contribution in [0.1, 0.15) is 29.9 Å². The van der Waals surface area contributed by atoms with Crippen molar-refractivity contribution in [3.8, 4) is 11.8 Å². The number of hydrogen-bond acceptors (Lipinski definition) is 4. The molecule has 2 saturated heterocycles. The van der Waals surface area contributed by atoms with Crippen LogP contribution in [-0.4, -0.2) is 84.8 Å². The highest BCUT2D eigenvalue weighted by Gasteiger charge is 2.49. The van der Waals surface area contributed by atoms with Crippen LogP contribution in [0.3, 0.4) is 0 Å². The molecule has 180 valence electrons. The van der Waals surface area contributed by atoms with Gasteiger partial charge in [-0.05, 0) is 63.3 Å². The monoisotopic (exact) mass is 464 g/mol. The first-order valence-electron chi connectivity index (χ1n) is 11.9. The van der Waals surface area contributed by atoms with Crippen molar-refractivity contribution in [1.82, 2.24) is 14.7 Å². The Bertz CT molecular complexity index is 1050. The summed E-state index contributed by atoms with van der Waals surface area (Å²) in [5.74, 6) is 6.01. The van der Waals surface area contributed by atoms with Gasteiger partial charge in [0.15, 0.2) is 0 Å². The minimum Gasteiger partial charge on any atom is -0.395 e. The van der Waals surface area contributed by atoms with Crippen LogP contribution < -0.4 is 5.32 Å². The van der Waals surface area contributed by atoms with Crippen LogP contribution in [0.5, 0.6) is 0 Å². The van der Waals surface area contributed by atoms with E-state index in [4.69, 9.17) is 0 Å². The first kappa shape index (κ1) is 24.2. The molecule has 6 nitrogen and oxygen atoms in total. The number of fused-ring (bicyclic) bond motifs is 1. The number of anilines is 1. The van der Waals surface area contributed by atoms with Gasteiger partial charge < -0.3 is 15.3 Å². The molecule has 34 heavy (non-hydrogen) atoms. The molecule has 0 radical (unpaired) electrons. The Kier molecular flexibility index (Phi) is 7.84. The summed E-state index contributed by atoms with van der Waals surface area (Å²) in [5.41, 5.74) is 2.30. The fourth-order valence-corrected chi connectivity index (χ4v) is 4.97. The third-order valence-electron chi connectivity index (χ3n) is 6.70. The zero-order valence-corrected chi connectivity index (χ0v) is 19.9. The van der Waals surface area contributed by atoms with Crippen molar-refractivity contribution in [3.63, 3.8) is 0 Å². The Morgan fingerprint density at radius 3 is 2.59 bits per heavy atom. The lowest BCUT2D eigenvalue weighted by Gasteiger charge is -2.57. The fraction of sp³-hybridized carbons (Fsp3) is 0.444. The minimum atomic E-state index is -0.444. The topological polar surface area (TPSA) is 59.1 Å². The number of para-hydroxylation sites is 1. The molecule has 4 rings (SSSR count). The van der Waals surface area contributed by atoms with E-state index in [2.05, 4.69) is 34.2 Å². The summed E-state index contributed by atoms with van der Waals surface area (Å²) in [4.78, 5) is 19.1. The standard InChI is InChI=1S/C27H33FN4O2/c1-30(2)15-7-8-20-11-13-21(14-12-20)26-24-18-31(16-5-6-17-32(24)25(26)19-33)27(34)29-23-10-4-3-9-22(23)28/h3-4,9-14,24-26,33H,5-6,15-19H2,1-2H3,(H,29,34)/t24-,25+,26+/m0/s1. The summed E-state index contributed by atoms with van der Waals surface area (Å²) < 4.78 is 14.1. The van der Waals surface area contributed by atoms with Gasteiger partial charge >= 0.3 is 6.03 Å². The summed E-state index contributed by atoms with van der Waals surface area (Å²) in [5, 5.41) is 12.9. The molecule has 0 bridgehead atoms. The molecule has 2 aromatic carbocycles. The summed E-state index contributed by atoms with van der Waals surface area (Å²) in [6, 6.07) is 14.3. The van der Waals surface area contributed by atoms with Crippen molar-refractivity contribution >= 4 is 11.7 Å². The zero-order valence-electron chi connectivity index (χ0n) is 19.9. The van der Waals surface area contributed by atoms with Crippen molar-refractivity contribution in [1.29, 1.82) is 0 Å². The number of carbonyl (C=O) groups excluding carboxylic acids is 1. The van der Waals surface area contributed by atoms with Crippen LogP contribution in [0.4, 0.5) is 14.9 Å². The van der Waals surface area contributed by atoms with Gasteiger partial charge in [-0.3, -0.25) is 9.80 Å². The second-order valence-corrected chi connectivity index (χ2v) is 9.31. The lowest BCUT2D eigenvalue weighted by molar-refractivity contribution is -0.0585. The molecule has 2 amide bonds. The van der Waals surface area contributed by atoms with E-state index in [0.717, 1.165) is 30.5 Å². The number of benzene rings is 2. The Balaban J connectivity index is 1.49. The van der Waals surface area contributed by atoms with E-state index in [1.807, 2.05) is 31.1 Å². The van der Waals surface area contributed by atoms with E-state index in [1.54, 1.807) is 23.1 Å². The highest BCUT2D eigenvalue weighted by molar-refractivity contribution is 5.89. The SMILES string of the molecule is CN(C)CC#Cc1ccc([C@H]2[C@@H](CO)N3CCCCN(C(=O)Nc4ccccc4F)C[C@@H]23)cc1. The summed E-state index contributed by atoms with van der Waals surface area (Å²) >= 11 is 0. The molecule has 2 aliphatic heterocycles. The molecular weight excluding hydrogens is 431 g/mol. The van der Waals surface area contributed by atoms with Crippen LogP contribution >= 0.6 is 0 Å². The average Bonchev–Trinajstić information content (AvgIpc) is 2.80. The molecule has 3 atom stereocenters. The van der Waals surface area contributed by atoms with Crippen molar-refractivity contribution in [2.75, 3.05) is 52.2 Å². The molecule has 2 fully saturated rings. The molecule has 0 unspecified atom stereocenters. The molecule has 0 saturated carbocycles.